The number of rotatable bonds is 3. The van der Waals surface area contributed by atoms with E-state index >= 15 is 0 Å². The molecule has 3 aliphatic rings. The van der Waals surface area contributed by atoms with Crippen molar-refractivity contribution in [1.29, 1.82) is 0 Å². The molecule has 3 saturated heterocycles. The van der Waals surface area contributed by atoms with E-state index in [2.05, 4.69) is 9.88 Å². The second-order valence-corrected chi connectivity index (χ2v) is 5.46. The van der Waals surface area contributed by atoms with Crippen LogP contribution in [0.4, 0.5) is 0 Å². The third kappa shape index (κ3) is 2.55. The third-order valence-corrected chi connectivity index (χ3v) is 4.10. The Hall–Kier alpha value is -0.800. The van der Waals surface area contributed by atoms with Gasteiger partial charge in [0.2, 0.25) is 0 Å². The molecule has 1 aromatic rings. The highest BCUT2D eigenvalue weighted by Crippen LogP contribution is 2.32. The van der Waals surface area contributed by atoms with E-state index in [4.69, 9.17) is 16.3 Å². The van der Waals surface area contributed by atoms with Crippen molar-refractivity contribution >= 4 is 11.6 Å². The predicted molar refractivity (Wildman–Crippen MR) is 67.4 cm³/mol. The summed E-state index contributed by atoms with van der Waals surface area (Å²) in [5.74, 6) is 1.70. The maximum absolute atomic E-state index is 5.88. The van der Waals surface area contributed by atoms with E-state index in [-0.39, 0.29) is 0 Å². The lowest BCUT2D eigenvalue weighted by molar-refractivity contribution is 0.0238. The van der Waals surface area contributed by atoms with E-state index in [0.29, 0.717) is 11.1 Å². The standard InChI is InChI=1S/C13H17ClN2O/c14-11-6-13(8-15-7-11)17-9-12-5-10-1-3-16(12)4-2-10/h6-8,10,12H,1-5,9H2. The minimum atomic E-state index is 0.585. The first-order valence-electron chi connectivity index (χ1n) is 6.28. The van der Waals surface area contributed by atoms with Crippen LogP contribution >= 0.6 is 11.6 Å². The van der Waals surface area contributed by atoms with Gasteiger partial charge in [0.05, 0.1) is 11.2 Å². The van der Waals surface area contributed by atoms with Gasteiger partial charge in [0.15, 0.2) is 0 Å². The molecule has 3 fully saturated rings. The minimum absolute atomic E-state index is 0.585. The summed E-state index contributed by atoms with van der Waals surface area (Å²) in [6.45, 7) is 3.25. The maximum atomic E-state index is 5.88. The Morgan fingerprint density at radius 2 is 2.18 bits per heavy atom. The van der Waals surface area contributed by atoms with E-state index in [9.17, 15) is 0 Å². The molecule has 0 aliphatic carbocycles. The lowest BCUT2D eigenvalue weighted by atomic mass is 9.84. The van der Waals surface area contributed by atoms with Gasteiger partial charge in [-0.2, -0.15) is 0 Å². The summed E-state index contributed by atoms with van der Waals surface area (Å²) in [5.41, 5.74) is 0. The first kappa shape index (κ1) is 11.3. The summed E-state index contributed by atoms with van der Waals surface area (Å²) in [4.78, 5) is 6.58. The maximum Gasteiger partial charge on any atom is 0.139 e. The van der Waals surface area contributed by atoms with Gasteiger partial charge in [0.25, 0.3) is 0 Å². The van der Waals surface area contributed by atoms with Gasteiger partial charge in [0.1, 0.15) is 12.4 Å². The normalized spacial score (nSPS) is 31.5. The molecular weight excluding hydrogens is 236 g/mol. The summed E-state index contributed by atoms with van der Waals surface area (Å²) in [6.07, 6.45) is 7.38. The molecule has 1 atom stereocenters. The van der Waals surface area contributed by atoms with Crippen molar-refractivity contribution in [3.8, 4) is 5.75 Å². The molecule has 0 radical (unpaired) electrons. The summed E-state index contributed by atoms with van der Waals surface area (Å²) in [6, 6.07) is 2.41. The highest BCUT2D eigenvalue weighted by atomic mass is 35.5. The van der Waals surface area contributed by atoms with E-state index in [1.54, 1.807) is 12.4 Å². The number of piperidine rings is 3. The molecule has 3 nitrogen and oxygen atoms in total. The molecule has 4 heteroatoms. The predicted octanol–water partition coefficient (Wildman–Crippen LogP) is 2.60. The molecule has 4 heterocycles. The second kappa shape index (κ2) is 4.83. The van der Waals surface area contributed by atoms with Crippen LogP contribution in [0.3, 0.4) is 0 Å². The van der Waals surface area contributed by atoms with Crippen LogP contribution in [0.1, 0.15) is 19.3 Å². The highest BCUT2D eigenvalue weighted by Gasteiger charge is 2.33. The average molecular weight is 253 g/mol. The van der Waals surface area contributed by atoms with Crippen LogP contribution in [0.25, 0.3) is 0 Å². The van der Waals surface area contributed by atoms with E-state index in [0.717, 1.165) is 18.3 Å². The molecule has 2 bridgehead atoms. The molecule has 1 unspecified atom stereocenters. The zero-order chi connectivity index (χ0) is 11.7. The van der Waals surface area contributed by atoms with Crippen LogP contribution in [0.5, 0.6) is 5.75 Å². The Labute approximate surface area is 107 Å². The Morgan fingerprint density at radius 3 is 2.82 bits per heavy atom. The zero-order valence-corrected chi connectivity index (χ0v) is 10.6. The van der Waals surface area contributed by atoms with Gasteiger partial charge in [0, 0.05) is 18.3 Å². The Balaban J connectivity index is 1.57. The first-order valence-corrected chi connectivity index (χ1v) is 6.66. The molecule has 0 aromatic carbocycles. The van der Waals surface area contributed by atoms with Crippen molar-refractivity contribution in [3.05, 3.63) is 23.5 Å². The Morgan fingerprint density at radius 1 is 1.35 bits per heavy atom. The molecule has 17 heavy (non-hydrogen) atoms. The minimum Gasteiger partial charge on any atom is -0.490 e. The van der Waals surface area contributed by atoms with Crippen molar-refractivity contribution in [3.63, 3.8) is 0 Å². The molecular formula is C13H17ClN2O. The number of aromatic nitrogens is 1. The Kier molecular flexibility index (Phi) is 3.21. The summed E-state index contributed by atoms with van der Waals surface area (Å²) in [7, 11) is 0. The van der Waals surface area contributed by atoms with Gasteiger partial charge in [-0.25, -0.2) is 0 Å². The average Bonchev–Trinajstić information content (AvgIpc) is 2.38. The van der Waals surface area contributed by atoms with E-state index in [1.807, 2.05) is 6.07 Å². The van der Waals surface area contributed by atoms with Crippen molar-refractivity contribution < 1.29 is 4.74 Å². The van der Waals surface area contributed by atoms with Gasteiger partial charge in [-0.05, 0) is 38.3 Å². The number of hydrogen-bond donors (Lipinski definition) is 0. The summed E-state index contributed by atoms with van der Waals surface area (Å²) >= 11 is 5.88. The van der Waals surface area contributed by atoms with Gasteiger partial charge >= 0.3 is 0 Å². The number of pyridine rings is 1. The smallest absolute Gasteiger partial charge is 0.139 e. The zero-order valence-electron chi connectivity index (χ0n) is 9.81. The molecule has 1 aromatic heterocycles. The fourth-order valence-corrected chi connectivity index (χ4v) is 3.09. The number of halogens is 1. The SMILES string of the molecule is Clc1cncc(OCC2CC3CCN2CC3)c1. The fourth-order valence-electron chi connectivity index (χ4n) is 2.92. The van der Waals surface area contributed by atoms with Crippen LogP contribution in [-0.4, -0.2) is 35.6 Å². The van der Waals surface area contributed by atoms with Crippen LogP contribution in [0, 0.1) is 5.92 Å². The van der Waals surface area contributed by atoms with Crippen LogP contribution in [0.2, 0.25) is 5.02 Å². The van der Waals surface area contributed by atoms with Crippen molar-refractivity contribution in [2.45, 2.75) is 25.3 Å². The van der Waals surface area contributed by atoms with E-state index < -0.39 is 0 Å². The molecule has 3 aliphatic heterocycles. The summed E-state index contributed by atoms with van der Waals surface area (Å²) in [5, 5.41) is 0.632. The number of nitrogens with zero attached hydrogens (tertiary/aromatic N) is 2. The van der Waals surface area contributed by atoms with Gasteiger partial charge in [-0.1, -0.05) is 11.6 Å². The van der Waals surface area contributed by atoms with Crippen molar-refractivity contribution in [2.75, 3.05) is 19.7 Å². The number of ether oxygens (including phenoxy) is 1. The monoisotopic (exact) mass is 252 g/mol. The molecule has 92 valence electrons. The quantitative estimate of drug-likeness (QED) is 0.827. The molecule has 0 N–H and O–H groups in total. The molecule has 0 spiro atoms. The molecule has 4 rings (SSSR count). The second-order valence-electron chi connectivity index (χ2n) is 5.02. The van der Waals surface area contributed by atoms with Crippen LogP contribution in [-0.2, 0) is 0 Å². The van der Waals surface area contributed by atoms with Gasteiger partial charge < -0.3 is 4.74 Å². The third-order valence-electron chi connectivity index (χ3n) is 3.89. The molecule has 0 amide bonds. The van der Waals surface area contributed by atoms with Crippen molar-refractivity contribution in [2.24, 2.45) is 5.92 Å². The van der Waals surface area contributed by atoms with Crippen LogP contribution in [0.15, 0.2) is 18.5 Å². The lowest BCUT2D eigenvalue weighted by Gasteiger charge is -2.45. The largest absolute Gasteiger partial charge is 0.490 e. The number of hydrogen-bond acceptors (Lipinski definition) is 3. The number of fused-ring (bicyclic) bond motifs is 3. The van der Waals surface area contributed by atoms with Crippen LogP contribution < -0.4 is 4.74 Å². The van der Waals surface area contributed by atoms with E-state index in [1.165, 1.54) is 32.4 Å². The topological polar surface area (TPSA) is 25.4 Å². The van der Waals surface area contributed by atoms with Gasteiger partial charge in [-0.15, -0.1) is 0 Å². The summed E-state index contributed by atoms with van der Waals surface area (Å²) < 4.78 is 5.79. The lowest BCUT2D eigenvalue weighted by Crippen LogP contribution is -2.51. The highest BCUT2D eigenvalue weighted by molar-refractivity contribution is 6.30. The van der Waals surface area contributed by atoms with Gasteiger partial charge in [-0.3, -0.25) is 9.88 Å². The Bertz CT molecular complexity index is 391. The van der Waals surface area contributed by atoms with Crippen molar-refractivity contribution in [1.82, 2.24) is 9.88 Å². The fraction of sp³-hybridized carbons (Fsp3) is 0.615. The first-order chi connectivity index (χ1) is 8.31. The molecule has 0 saturated carbocycles.